The molecule has 19 heavy (non-hydrogen) atoms. The van der Waals surface area contributed by atoms with Gasteiger partial charge in [0.15, 0.2) is 0 Å². The monoisotopic (exact) mass is 263 g/mol. The van der Waals surface area contributed by atoms with E-state index >= 15 is 0 Å². The molecule has 0 aliphatic heterocycles. The summed E-state index contributed by atoms with van der Waals surface area (Å²) >= 11 is 0. The molecular formula is C15H25N3O. The SMILES string of the molecule is CCN(Cc1nc(C)ccc1O)C1CCC(N)CC1. The summed E-state index contributed by atoms with van der Waals surface area (Å²) in [6.07, 6.45) is 4.52. The average molecular weight is 263 g/mol. The standard InChI is InChI=1S/C15H25N3O/c1-3-18(13-7-5-12(16)6-8-13)10-14-15(19)9-4-11(2)17-14/h4,9,12-13,19H,3,5-8,10,16H2,1-2H3. The first-order chi connectivity index (χ1) is 9.10. The second-order valence-electron chi connectivity index (χ2n) is 5.55. The maximum Gasteiger partial charge on any atom is 0.138 e. The molecule has 0 spiro atoms. The van der Waals surface area contributed by atoms with E-state index in [1.807, 2.05) is 13.0 Å². The van der Waals surface area contributed by atoms with Gasteiger partial charge in [0.1, 0.15) is 5.75 Å². The highest BCUT2D eigenvalue weighted by atomic mass is 16.3. The number of pyridine rings is 1. The van der Waals surface area contributed by atoms with E-state index < -0.39 is 0 Å². The first kappa shape index (κ1) is 14.3. The molecule has 0 aromatic carbocycles. The van der Waals surface area contributed by atoms with Crippen molar-refractivity contribution >= 4 is 0 Å². The van der Waals surface area contributed by atoms with Crippen LogP contribution in [0.4, 0.5) is 0 Å². The lowest BCUT2D eigenvalue weighted by Crippen LogP contribution is -2.40. The van der Waals surface area contributed by atoms with Crippen molar-refractivity contribution in [3.8, 4) is 5.75 Å². The minimum Gasteiger partial charge on any atom is -0.506 e. The minimum absolute atomic E-state index is 0.302. The molecular weight excluding hydrogens is 238 g/mol. The Morgan fingerprint density at radius 3 is 2.63 bits per heavy atom. The van der Waals surface area contributed by atoms with E-state index in [0.29, 0.717) is 17.8 Å². The predicted molar refractivity (Wildman–Crippen MR) is 77.0 cm³/mol. The molecule has 1 aliphatic carbocycles. The Labute approximate surface area is 115 Å². The molecule has 1 heterocycles. The van der Waals surface area contributed by atoms with Crippen molar-refractivity contribution in [1.82, 2.24) is 9.88 Å². The second-order valence-corrected chi connectivity index (χ2v) is 5.55. The van der Waals surface area contributed by atoms with E-state index in [0.717, 1.165) is 50.2 Å². The Hall–Kier alpha value is -1.13. The van der Waals surface area contributed by atoms with Crippen LogP contribution in [-0.4, -0.2) is 33.6 Å². The molecule has 1 aromatic heterocycles. The molecule has 0 radical (unpaired) electrons. The maximum atomic E-state index is 9.91. The van der Waals surface area contributed by atoms with E-state index in [1.165, 1.54) is 0 Å². The zero-order valence-electron chi connectivity index (χ0n) is 12.0. The molecule has 1 aromatic rings. The van der Waals surface area contributed by atoms with Crippen LogP contribution in [0.2, 0.25) is 0 Å². The summed E-state index contributed by atoms with van der Waals surface area (Å²) in [7, 11) is 0. The van der Waals surface area contributed by atoms with Crippen LogP contribution in [-0.2, 0) is 6.54 Å². The van der Waals surface area contributed by atoms with Gasteiger partial charge in [0.05, 0.1) is 5.69 Å². The third-order valence-electron chi connectivity index (χ3n) is 4.11. The Kier molecular flexibility index (Phi) is 4.77. The van der Waals surface area contributed by atoms with Crippen LogP contribution in [0.5, 0.6) is 5.75 Å². The number of nitrogens with zero attached hydrogens (tertiary/aromatic N) is 2. The van der Waals surface area contributed by atoms with Gasteiger partial charge in [-0.25, -0.2) is 0 Å². The minimum atomic E-state index is 0.302. The van der Waals surface area contributed by atoms with Crippen LogP contribution in [0.25, 0.3) is 0 Å². The molecule has 4 heteroatoms. The molecule has 3 N–H and O–H groups in total. The van der Waals surface area contributed by atoms with Gasteiger partial charge in [-0.15, -0.1) is 0 Å². The highest BCUT2D eigenvalue weighted by Crippen LogP contribution is 2.25. The summed E-state index contributed by atoms with van der Waals surface area (Å²) in [5.74, 6) is 0.302. The third-order valence-corrected chi connectivity index (χ3v) is 4.11. The first-order valence-corrected chi connectivity index (χ1v) is 7.25. The molecule has 4 nitrogen and oxygen atoms in total. The second kappa shape index (κ2) is 6.35. The van der Waals surface area contributed by atoms with Gasteiger partial charge in [-0.05, 0) is 51.3 Å². The number of aromatic hydroxyl groups is 1. The number of hydrogen-bond donors (Lipinski definition) is 2. The Balaban J connectivity index is 2.04. The van der Waals surface area contributed by atoms with Gasteiger partial charge in [-0.3, -0.25) is 9.88 Å². The van der Waals surface area contributed by atoms with Gasteiger partial charge in [-0.1, -0.05) is 6.92 Å². The summed E-state index contributed by atoms with van der Waals surface area (Å²) in [4.78, 5) is 6.86. The lowest BCUT2D eigenvalue weighted by atomic mass is 9.90. The van der Waals surface area contributed by atoms with E-state index in [1.54, 1.807) is 6.07 Å². The molecule has 1 fully saturated rings. The Bertz CT molecular complexity index is 414. The van der Waals surface area contributed by atoms with Crippen LogP contribution in [0.3, 0.4) is 0 Å². The average Bonchev–Trinajstić information content (AvgIpc) is 2.41. The summed E-state index contributed by atoms with van der Waals surface area (Å²) in [6.45, 7) is 5.83. The lowest BCUT2D eigenvalue weighted by molar-refractivity contribution is 0.146. The zero-order chi connectivity index (χ0) is 13.8. The molecule has 0 amide bonds. The van der Waals surface area contributed by atoms with Gasteiger partial charge >= 0.3 is 0 Å². The fourth-order valence-corrected chi connectivity index (χ4v) is 2.88. The zero-order valence-corrected chi connectivity index (χ0v) is 12.0. The fraction of sp³-hybridized carbons (Fsp3) is 0.667. The molecule has 1 aliphatic rings. The number of aryl methyl sites for hydroxylation is 1. The van der Waals surface area contributed by atoms with Crippen molar-refractivity contribution in [3.05, 3.63) is 23.5 Å². The number of aromatic nitrogens is 1. The molecule has 1 saturated carbocycles. The van der Waals surface area contributed by atoms with Gasteiger partial charge in [0, 0.05) is 24.3 Å². The highest BCUT2D eigenvalue weighted by molar-refractivity contribution is 5.27. The fourth-order valence-electron chi connectivity index (χ4n) is 2.88. The third kappa shape index (κ3) is 3.67. The van der Waals surface area contributed by atoms with Gasteiger partial charge < -0.3 is 10.8 Å². The highest BCUT2D eigenvalue weighted by Gasteiger charge is 2.24. The molecule has 0 unspecified atom stereocenters. The molecule has 106 valence electrons. The normalized spacial score (nSPS) is 23.8. The Morgan fingerprint density at radius 2 is 2.00 bits per heavy atom. The summed E-state index contributed by atoms with van der Waals surface area (Å²) in [5.41, 5.74) is 7.71. The largest absolute Gasteiger partial charge is 0.506 e. The quantitative estimate of drug-likeness (QED) is 0.874. The van der Waals surface area contributed by atoms with Crippen molar-refractivity contribution in [3.63, 3.8) is 0 Å². The van der Waals surface area contributed by atoms with Crippen LogP contribution in [0.1, 0.15) is 44.0 Å². The van der Waals surface area contributed by atoms with E-state index in [2.05, 4.69) is 16.8 Å². The van der Waals surface area contributed by atoms with Gasteiger partial charge in [-0.2, -0.15) is 0 Å². The topological polar surface area (TPSA) is 62.4 Å². The van der Waals surface area contributed by atoms with Crippen molar-refractivity contribution in [2.24, 2.45) is 5.73 Å². The lowest BCUT2D eigenvalue weighted by Gasteiger charge is -2.35. The maximum absolute atomic E-state index is 9.91. The van der Waals surface area contributed by atoms with Crippen molar-refractivity contribution < 1.29 is 5.11 Å². The van der Waals surface area contributed by atoms with E-state index in [9.17, 15) is 5.11 Å². The number of hydrogen-bond acceptors (Lipinski definition) is 4. The Morgan fingerprint density at radius 1 is 1.32 bits per heavy atom. The van der Waals surface area contributed by atoms with Crippen molar-refractivity contribution in [2.75, 3.05) is 6.54 Å². The molecule has 0 bridgehead atoms. The van der Waals surface area contributed by atoms with Gasteiger partial charge in [0.25, 0.3) is 0 Å². The van der Waals surface area contributed by atoms with Crippen LogP contribution >= 0.6 is 0 Å². The summed E-state index contributed by atoms with van der Waals surface area (Å²) in [6, 6.07) is 4.53. The van der Waals surface area contributed by atoms with Crippen molar-refractivity contribution in [2.45, 2.75) is 58.2 Å². The van der Waals surface area contributed by atoms with E-state index in [4.69, 9.17) is 5.73 Å². The molecule has 0 saturated heterocycles. The van der Waals surface area contributed by atoms with Crippen LogP contribution in [0, 0.1) is 6.92 Å². The van der Waals surface area contributed by atoms with Crippen LogP contribution in [0.15, 0.2) is 12.1 Å². The molecule has 0 atom stereocenters. The van der Waals surface area contributed by atoms with Crippen molar-refractivity contribution in [1.29, 1.82) is 0 Å². The predicted octanol–water partition coefficient (Wildman–Crippen LogP) is 2.19. The summed E-state index contributed by atoms with van der Waals surface area (Å²) in [5, 5.41) is 9.91. The van der Waals surface area contributed by atoms with E-state index in [-0.39, 0.29) is 0 Å². The van der Waals surface area contributed by atoms with Crippen LogP contribution < -0.4 is 5.73 Å². The molecule has 2 rings (SSSR count). The number of rotatable bonds is 4. The smallest absolute Gasteiger partial charge is 0.138 e. The summed E-state index contributed by atoms with van der Waals surface area (Å²) < 4.78 is 0. The van der Waals surface area contributed by atoms with Gasteiger partial charge in [0.2, 0.25) is 0 Å². The first-order valence-electron chi connectivity index (χ1n) is 7.25. The number of nitrogens with two attached hydrogens (primary N) is 1.